The first-order valence-corrected chi connectivity index (χ1v) is 9.81. The molecule has 1 amide bonds. The Kier molecular flexibility index (Phi) is 9.49. The van der Waals surface area contributed by atoms with Gasteiger partial charge in [0.1, 0.15) is 18.1 Å². The van der Waals surface area contributed by atoms with E-state index in [0.29, 0.717) is 6.61 Å². The van der Waals surface area contributed by atoms with E-state index in [-0.39, 0.29) is 12.5 Å². The first-order valence-electron chi connectivity index (χ1n) is 9.81. The molecule has 0 aliphatic carbocycles. The number of carbonyl (C=O) groups excluding carboxylic acids is 1. The highest BCUT2D eigenvalue weighted by Gasteiger charge is 2.03. The normalized spacial score (nSPS) is 10.2. The van der Waals surface area contributed by atoms with Crippen LogP contribution in [0.4, 0.5) is 11.4 Å². The van der Waals surface area contributed by atoms with Gasteiger partial charge in [0, 0.05) is 11.4 Å². The fourth-order valence-corrected chi connectivity index (χ4v) is 2.57. The third kappa shape index (κ3) is 8.16. The maximum Gasteiger partial charge on any atom is 0.243 e. The molecule has 0 radical (unpaired) electrons. The van der Waals surface area contributed by atoms with Gasteiger partial charge in [-0.3, -0.25) is 4.79 Å². The molecule has 0 aromatic heterocycles. The van der Waals surface area contributed by atoms with Crippen molar-refractivity contribution in [3.05, 3.63) is 61.2 Å². The molecule has 5 heteroatoms. The molecule has 0 aliphatic rings. The van der Waals surface area contributed by atoms with Crippen LogP contribution in [0.15, 0.2) is 61.2 Å². The lowest BCUT2D eigenvalue weighted by molar-refractivity contribution is -0.114. The molecule has 0 bridgehead atoms. The molecule has 2 aromatic carbocycles. The highest BCUT2D eigenvalue weighted by atomic mass is 16.5. The number of rotatable bonds is 13. The average molecular weight is 383 g/mol. The quantitative estimate of drug-likeness (QED) is 0.366. The minimum Gasteiger partial charge on any atom is -0.494 e. The summed E-state index contributed by atoms with van der Waals surface area (Å²) in [5, 5.41) is 5.96. The zero-order valence-corrected chi connectivity index (χ0v) is 16.6. The number of unbranched alkanes of at least 4 members (excludes halogenated alkanes) is 3. The SMILES string of the molecule is C=CCOc1ccc(NCC(=O)Nc2ccc(OCCCCCC)cc2)cc1. The molecule has 0 aliphatic heterocycles. The molecule has 5 nitrogen and oxygen atoms in total. The van der Waals surface area contributed by atoms with E-state index in [9.17, 15) is 4.79 Å². The van der Waals surface area contributed by atoms with E-state index in [4.69, 9.17) is 9.47 Å². The Morgan fingerprint density at radius 2 is 1.57 bits per heavy atom. The Morgan fingerprint density at radius 1 is 0.929 bits per heavy atom. The van der Waals surface area contributed by atoms with Crippen molar-refractivity contribution in [3.8, 4) is 11.5 Å². The minimum absolute atomic E-state index is 0.111. The van der Waals surface area contributed by atoms with Crippen LogP contribution in [0, 0.1) is 0 Å². The highest BCUT2D eigenvalue weighted by molar-refractivity contribution is 5.93. The molecule has 150 valence electrons. The van der Waals surface area contributed by atoms with Crippen molar-refractivity contribution in [2.24, 2.45) is 0 Å². The Morgan fingerprint density at radius 3 is 2.21 bits per heavy atom. The molecular formula is C23H30N2O3. The van der Waals surface area contributed by atoms with Crippen LogP contribution in [0.25, 0.3) is 0 Å². The van der Waals surface area contributed by atoms with Gasteiger partial charge in [0.05, 0.1) is 13.2 Å². The predicted octanol–water partition coefficient (Wildman–Crippen LogP) is 5.26. The average Bonchev–Trinajstić information content (AvgIpc) is 2.72. The smallest absolute Gasteiger partial charge is 0.243 e. The number of ether oxygens (including phenoxy) is 2. The summed E-state index contributed by atoms with van der Waals surface area (Å²) < 4.78 is 11.1. The summed E-state index contributed by atoms with van der Waals surface area (Å²) in [7, 11) is 0. The van der Waals surface area contributed by atoms with Crippen molar-refractivity contribution in [1.29, 1.82) is 0 Å². The first-order chi connectivity index (χ1) is 13.7. The summed E-state index contributed by atoms with van der Waals surface area (Å²) in [5.74, 6) is 1.48. The van der Waals surface area contributed by atoms with Crippen LogP contribution in [-0.4, -0.2) is 25.7 Å². The molecule has 0 saturated carbocycles. The van der Waals surface area contributed by atoms with Gasteiger partial charge >= 0.3 is 0 Å². The van der Waals surface area contributed by atoms with Gasteiger partial charge in [-0.1, -0.05) is 38.8 Å². The second-order valence-electron chi connectivity index (χ2n) is 6.46. The van der Waals surface area contributed by atoms with Gasteiger partial charge in [-0.15, -0.1) is 0 Å². The summed E-state index contributed by atoms with van der Waals surface area (Å²) in [5.41, 5.74) is 1.60. The monoisotopic (exact) mass is 382 g/mol. The van der Waals surface area contributed by atoms with E-state index >= 15 is 0 Å². The van der Waals surface area contributed by atoms with Crippen molar-refractivity contribution >= 4 is 17.3 Å². The van der Waals surface area contributed by atoms with Crippen molar-refractivity contribution in [3.63, 3.8) is 0 Å². The lowest BCUT2D eigenvalue weighted by atomic mass is 10.2. The van der Waals surface area contributed by atoms with E-state index < -0.39 is 0 Å². The molecule has 2 aromatic rings. The second kappa shape index (κ2) is 12.4. The number of nitrogens with one attached hydrogen (secondary N) is 2. The zero-order valence-electron chi connectivity index (χ0n) is 16.6. The van der Waals surface area contributed by atoms with Gasteiger partial charge in [0.15, 0.2) is 0 Å². The Balaban J connectivity index is 1.70. The molecule has 0 unspecified atom stereocenters. The lowest BCUT2D eigenvalue weighted by Crippen LogP contribution is -2.21. The van der Waals surface area contributed by atoms with Gasteiger partial charge in [0.25, 0.3) is 0 Å². The molecule has 0 spiro atoms. The number of hydrogen-bond donors (Lipinski definition) is 2. The maximum atomic E-state index is 12.1. The molecule has 0 fully saturated rings. The summed E-state index contributed by atoms with van der Waals surface area (Å²) in [6.07, 6.45) is 6.43. The van der Waals surface area contributed by atoms with Crippen LogP contribution in [0.5, 0.6) is 11.5 Å². The largest absolute Gasteiger partial charge is 0.494 e. The van der Waals surface area contributed by atoms with Gasteiger partial charge < -0.3 is 20.1 Å². The van der Waals surface area contributed by atoms with Crippen LogP contribution in [0.1, 0.15) is 32.6 Å². The van der Waals surface area contributed by atoms with E-state index in [1.54, 1.807) is 6.08 Å². The third-order valence-corrected chi connectivity index (χ3v) is 4.08. The molecular weight excluding hydrogens is 352 g/mol. The maximum absolute atomic E-state index is 12.1. The van der Waals surface area contributed by atoms with E-state index in [0.717, 1.165) is 35.9 Å². The van der Waals surface area contributed by atoms with Crippen LogP contribution < -0.4 is 20.1 Å². The van der Waals surface area contributed by atoms with Crippen LogP contribution in [-0.2, 0) is 4.79 Å². The minimum atomic E-state index is -0.111. The Hall–Kier alpha value is -2.95. The fourth-order valence-electron chi connectivity index (χ4n) is 2.57. The number of benzene rings is 2. The van der Waals surface area contributed by atoms with E-state index in [1.807, 2.05) is 48.5 Å². The summed E-state index contributed by atoms with van der Waals surface area (Å²) >= 11 is 0. The van der Waals surface area contributed by atoms with Crippen molar-refractivity contribution in [1.82, 2.24) is 0 Å². The predicted molar refractivity (Wildman–Crippen MR) is 115 cm³/mol. The Bertz CT molecular complexity index is 712. The zero-order chi connectivity index (χ0) is 20.0. The van der Waals surface area contributed by atoms with Crippen molar-refractivity contribution in [2.45, 2.75) is 32.6 Å². The number of carbonyl (C=O) groups is 1. The van der Waals surface area contributed by atoms with E-state index in [2.05, 4.69) is 24.1 Å². The van der Waals surface area contributed by atoms with Gasteiger partial charge in [-0.25, -0.2) is 0 Å². The first kappa shape index (κ1) is 21.4. The molecule has 2 rings (SSSR count). The molecule has 0 atom stereocenters. The third-order valence-electron chi connectivity index (χ3n) is 4.08. The fraction of sp³-hybridized carbons (Fsp3) is 0.348. The molecule has 0 saturated heterocycles. The Labute approximate surface area is 167 Å². The number of amides is 1. The standard InChI is InChI=1S/C23H30N2O3/c1-3-5-6-7-17-28-22-14-10-20(11-15-22)25-23(26)18-24-19-8-12-21(13-9-19)27-16-4-2/h4,8-15,24H,2-3,5-7,16-18H2,1H3,(H,25,26). The summed E-state index contributed by atoms with van der Waals surface area (Å²) in [4.78, 5) is 12.1. The van der Waals surface area contributed by atoms with Gasteiger partial charge in [0.2, 0.25) is 5.91 Å². The van der Waals surface area contributed by atoms with Crippen molar-refractivity contribution in [2.75, 3.05) is 30.4 Å². The highest BCUT2D eigenvalue weighted by Crippen LogP contribution is 2.17. The number of anilines is 2. The molecule has 0 heterocycles. The van der Waals surface area contributed by atoms with Crippen LogP contribution in [0.2, 0.25) is 0 Å². The molecule has 28 heavy (non-hydrogen) atoms. The summed E-state index contributed by atoms with van der Waals surface area (Å²) in [6, 6.07) is 14.9. The van der Waals surface area contributed by atoms with Gasteiger partial charge in [-0.05, 0) is 55.0 Å². The second-order valence-corrected chi connectivity index (χ2v) is 6.46. The summed E-state index contributed by atoms with van der Waals surface area (Å²) in [6.45, 7) is 7.19. The van der Waals surface area contributed by atoms with Crippen LogP contribution >= 0.6 is 0 Å². The molecule has 2 N–H and O–H groups in total. The lowest BCUT2D eigenvalue weighted by Gasteiger charge is -2.10. The van der Waals surface area contributed by atoms with Crippen LogP contribution in [0.3, 0.4) is 0 Å². The van der Waals surface area contributed by atoms with Crippen molar-refractivity contribution < 1.29 is 14.3 Å². The van der Waals surface area contributed by atoms with E-state index in [1.165, 1.54) is 19.3 Å². The topological polar surface area (TPSA) is 59.6 Å². The van der Waals surface area contributed by atoms with Gasteiger partial charge in [-0.2, -0.15) is 0 Å². The number of hydrogen-bond acceptors (Lipinski definition) is 4.